The van der Waals surface area contributed by atoms with Crippen LogP contribution in [0.4, 0.5) is 0 Å². The van der Waals surface area contributed by atoms with Gasteiger partial charge in [-0.05, 0) is 6.92 Å². The third-order valence-electron chi connectivity index (χ3n) is 2.65. The lowest BCUT2D eigenvalue weighted by Crippen LogP contribution is -2.50. The number of aryl methyl sites for hydroxylation is 1. The van der Waals surface area contributed by atoms with Gasteiger partial charge in [0.25, 0.3) is 5.91 Å². The van der Waals surface area contributed by atoms with Gasteiger partial charge >= 0.3 is 5.97 Å². The van der Waals surface area contributed by atoms with Crippen molar-refractivity contribution in [2.24, 2.45) is 5.92 Å². The summed E-state index contributed by atoms with van der Waals surface area (Å²) < 4.78 is 4.84. The number of rotatable bonds is 3. The summed E-state index contributed by atoms with van der Waals surface area (Å²) in [5.41, 5.74) is 0.701. The highest BCUT2D eigenvalue weighted by atomic mass is 16.5. The van der Waals surface area contributed by atoms with E-state index in [-0.39, 0.29) is 24.0 Å². The molecule has 0 aromatic carbocycles. The van der Waals surface area contributed by atoms with E-state index in [1.165, 1.54) is 6.20 Å². The number of aromatic nitrogens is 1. The molecule has 1 aliphatic heterocycles. The normalized spacial score (nSPS) is 15.9. The van der Waals surface area contributed by atoms with Crippen LogP contribution in [0.1, 0.15) is 22.5 Å². The van der Waals surface area contributed by atoms with E-state index < -0.39 is 5.97 Å². The second kappa shape index (κ2) is 3.96. The van der Waals surface area contributed by atoms with Gasteiger partial charge in [-0.25, -0.2) is 0 Å². The largest absolute Gasteiger partial charge is 0.481 e. The molecule has 6 heteroatoms. The Hall–Kier alpha value is -1.85. The highest BCUT2D eigenvalue weighted by Gasteiger charge is 2.34. The molecule has 1 aromatic heterocycles. The van der Waals surface area contributed by atoms with Crippen LogP contribution in [0.3, 0.4) is 0 Å². The maximum Gasteiger partial charge on any atom is 0.303 e. The van der Waals surface area contributed by atoms with Crippen LogP contribution >= 0.6 is 0 Å². The molecule has 1 amide bonds. The number of carbonyl (C=O) groups excluding carboxylic acids is 1. The molecule has 1 fully saturated rings. The number of carbonyl (C=O) groups is 2. The predicted octanol–water partition coefficient (Wildman–Crippen LogP) is 0.530. The maximum atomic E-state index is 11.8. The molecule has 86 valence electrons. The summed E-state index contributed by atoms with van der Waals surface area (Å²) in [6.45, 7) is 2.70. The Morgan fingerprint density at radius 2 is 2.31 bits per heavy atom. The zero-order valence-electron chi connectivity index (χ0n) is 8.84. The maximum absolute atomic E-state index is 11.8. The summed E-state index contributed by atoms with van der Waals surface area (Å²) in [6.07, 6.45) is 1.60. The fourth-order valence-electron chi connectivity index (χ4n) is 1.75. The van der Waals surface area contributed by atoms with Crippen molar-refractivity contribution >= 4 is 11.9 Å². The molecular formula is C10H12N2O4. The second-order valence-electron chi connectivity index (χ2n) is 4.01. The Balaban J connectivity index is 1.91. The lowest BCUT2D eigenvalue weighted by atomic mass is 9.96. The van der Waals surface area contributed by atoms with Gasteiger partial charge in [-0.3, -0.25) is 9.59 Å². The predicted molar refractivity (Wildman–Crippen MR) is 52.9 cm³/mol. The molecule has 0 atom stereocenters. The van der Waals surface area contributed by atoms with E-state index in [4.69, 9.17) is 9.63 Å². The van der Waals surface area contributed by atoms with E-state index >= 15 is 0 Å². The average Bonchev–Trinajstić information content (AvgIpc) is 2.56. The van der Waals surface area contributed by atoms with Gasteiger partial charge < -0.3 is 14.5 Å². The first kappa shape index (κ1) is 10.7. The highest BCUT2D eigenvalue weighted by Crippen LogP contribution is 2.22. The van der Waals surface area contributed by atoms with Crippen molar-refractivity contribution in [1.29, 1.82) is 0 Å². The molecule has 0 radical (unpaired) electrons. The molecule has 1 aliphatic rings. The average molecular weight is 224 g/mol. The molecule has 1 N–H and O–H groups in total. The molecule has 0 spiro atoms. The van der Waals surface area contributed by atoms with E-state index in [0.29, 0.717) is 18.7 Å². The Labute approximate surface area is 91.8 Å². The number of hydrogen-bond donors (Lipinski definition) is 1. The molecule has 1 saturated heterocycles. The third kappa shape index (κ3) is 1.91. The van der Waals surface area contributed by atoms with Crippen LogP contribution in [-0.2, 0) is 4.79 Å². The minimum atomic E-state index is -0.826. The van der Waals surface area contributed by atoms with Crippen molar-refractivity contribution in [1.82, 2.24) is 10.1 Å². The van der Waals surface area contributed by atoms with E-state index in [0.717, 1.165) is 0 Å². The highest BCUT2D eigenvalue weighted by molar-refractivity contribution is 5.93. The molecule has 2 rings (SSSR count). The van der Waals surface area contributed by atoms with Gasteiger partial charge in [0.05, 0.1) is 12.6 Å². The summed E-state index contributed by atoms with van der Waals surface area (Å²) in [6, 6.07) is 0. The molecule has 0 aliphatic carbocycles. The van der Waals surface area contributed by atoms with Crippen LogP contribution in [0.15, 0.2) is 10.7 Å². The van der Waals surface area contributed by atoms with E-state index in [2.05, 4.69) is 5.16 Å². The van der Waals surface area contributed by atoms with Crippen LogP contribution in [0, 0.1) is 12.8 Å². The molecular weight excluding hydrogens is 212 g/mol. The molecule has 0 bridgehead atoms. The Morgan fingerprint density at radius 1 is 1.62 bits per heavy atom. The lowest BCUT2D eigenvalue weighted by Gasteiger charge is -2.37. The van der Waals surface area contributed by atoms with Gasteiger partial charge in [-0.2, -0.15) is 0 Å². The van der Waals surface area contributed by atoms with Crippen molar-refractivity contribution in [3.8, 4) is 0 Å². The van der Waals surface area contributed by atoms with E-state index in [9.17, 15) is 9.59 Å². The summed E-state index contributed by atoms with van der Waals surface area (Å²) in [5, 5.41) is 12.1. The zero-order valence-corrected chi connectivity index (χ0v) is 8.84. The van der Waals surface area contributed by atoms with Crippen molar-refractivity contribution in [2.75, 3.05) is 13.1 Å². The second-order valence-corrected chi connectivity index (χ2v) is 4.01. The Morgan fingerprint density at radius 3 is 2.81 bits per heavy atom. The first-order valence-electron chi connectivity index (χ1n) is 5.00. The first-order chi connectivity index (χ1) is 7.58. The number of amides is 1. The number of hydrogen-bond acceptors (Lipinski definition) is 4. The molecule has 0 unspecified atom stereocenters. The molecule has 0 saturated carbocycles. The van der Waals surface area contributed by atoms with Gasteiger partial charge in [0, 0.05) is 24.6 Å². The summed E-state index contributed by atoms with van der Waals surface area (Å²) in [7, 11) is 0. The number of nitrogens with zero attached hydrogens (tertiary/aromatic N) is 2. The van der Waals surface area contributed by atoms with Crippen LogP contribution in [0.5, 0.6) is 0 Å². The number of likely N-dealkylation sites (tertiary alicyclic amines) is 1. The minimum Gasteiger partial charge on any atom is -0.481 e. The van der Waals surface area contributed by atoms with Crippen LogP contribution in [0.25, 0.3) is 0 Å². The summed E-state index contributed by atoms with van der Waals surface area (Å²) in [5.74, 6) is -0.733. The van der Waals surface area contributed by atoms with Gasteiger partial charge in [0.15, 0.2) is 0 Å². The number of carboxylic acid groups (broad SMARTS) is 1. The smallest absolute Gasteiger partial charge is 0.303 e. The molecule has 6 nitrogen and oxygen atoms in total. The van der Waals surface area contributed by atoms with E-state index in [1.807, 2.05) is 0 Å². The van der Waals surface area contributed by atoms with Crippen LogP contribution in [-0.4, -0.2) is 40.1 Å². The lowest BCUT2D eigenvalue weighted by molar-refractivity contribution is -0.139. The number of carboxylic acids is 1. The minimum absolute atomic E-state index is 0.0599. The van der Waals surface area contributed by atoms with Crippen LogP contribution in [0.2, 0.25) is 0 Å². The van der Waals surface area contributed by atoms with Crippen LogP contribution < -0.4 is 0 Å². The van der Waals surface area contributed by atoms with Gasteiger partial charge in [-0.1, -0.05) is 5.16 Å². The zero-order chi connectivity index (χ0) is 11.7. The first-order valence-corrected chi connectivity index (χ1v) is 5.00. The fourth-order valence-corrected chi connectivity index (χ4v) is 1.75. The fraction of sp³-hybridized carbons (Fsp3) is 0.500. The van der Waals surface area contributed by atoms with Crippen molar-refractivity contribution < 1.29 is 19.2 Å². The molecule has 1 aromatic rings. The molecule has 16 heavy (non-hydrogen) atoms. The molecule has 2 heterocycles. The standard InChI is InChI=1S/C10H12N2O4/c1-6-3-11-16-9(6)10(15)12-4-7(5-12)2-8(13)14/h3,7H,2,4-5H2,1H3,(H,13,14). The van der Waals surface area contributed by atoms with Crippen molar-refractivity contribution in [3.63, 3.8) is 0 Å². The third-order valence-corrected chi connectivity index (χ3v) is 2.65. The Kier molecular flexibility index (Phi) is 2.64. The Bertz CT molecular complexity index is 420. The van der Waals surface area contributed by atoms with Gasteiger partial charge in [0.1, 0.15) is 0 Å². The van der Waals surface area contributed by atoms with Gasteiger partial charge in [0.2, 0.25) is 5.76 Å². The van der Waals surface area contributed by atoms with E-state index in [1.54, 1.807) is 11.8 Å². The number of aliphatic carboxylic acids is 1. The topological polar surface area (TPSA) is 83.6 Å². The van der Waals surface area contributed by atoms with Gasteiger partial charge in [-0.15, -0.1) is 0 Å². The SMILES string of the molecule is Cc1cnoc1C(=O)N1CC(CC(=O)O)C1. The van der Waals surface area contributed by atoms with Crippen molar-refractivity contribution in [2.45, 2.75) is 13.3 Å². The monoisotopic (exact) mass is 224 g/mol. The summed E-state index contributed by atoms with van der Waals surface area (Å²) in [4.78, 5) is 23.8. The quantitative estimate of drug-likeness (QED) is 0.809. The summed E-state index contributed by atoms with van der Waals surface area (Å²) >= 11 is 0. The van der Waals surface area contributed by atoms with Crippen molar-refractivity contribution in [3.05, 3.63) is 17.5 Å².